The summed E-state index contributed by atoms with van der Waals surface area (Å²) in [6.07, 6.45) is 0.368. The first-order valence-electron chi connectivity index (χ1n) is 9.57. The monoisotopic (exact) mass is 442 g/mol. The lowest BCUT2D eigenvalue weighted by molar-refractivity contribution is -0.131. The summed E-state index contributed by atoms with van der Waals surface area (Å²) in [4.78, 5) is 37.0. The van der Waals surface area contributed by atoms with Crippen molar-refractivity contribution in [1.82, 2.24) is 16.2 Å². The zero-order valence-corrected chi connectivity index (χ0v) is 17.9. The Balaban J connectivity index is 1.91. The van der Waals surface area contributed by atoms with Gasteiger partial charge in [-0.25, -0.2) is 0 Å². The van der Waals surface area contributed by atoms with E-state index < -0.39 is 30.4 Å². The summed E-state index contributed by atoms with van der Waals surface area (Å²) in [5.41, 5.74) is 5.20. The Morgan fingerprint density at radius 2 is 1.74 bits per heavy atom. The van der Waals surface area contributed by atoms with Crippen LogP contribution in [0.5, 0.6) is 5.75 Å². The van der Waals surface area contributed by atoms with Crippen molar-refractivity contribution in [3.05, 3.63) is 64.7 Å². The van der Waals surface area contributed by atoms with Gasteiger partial charge >= 0.3 is 0 Å². The highest BCUT2D eigenvalue weighted by Crippen LogP contribution is 2.16. The van der Waals surface area contributed by atoms with E-state index in [1.165, 1.54) is 0 Å². The number of hydrogen-bond donors (Lipinski definition) is 3. The molecule has 3 amide bonds. The molecule has 0 saturated heterocycles. The van der Waals surface area contributed by atoms with Crippen LogP contribution in [-0.2, 0) is 9.59 Å². The summed E-state index contributed by atoms with van der Waals surface area (Å²) in [6, 6.07) is 13.9. The molecule has 0 aromatic heterocycles. The second kappa shape index (κ2) is 11.6. The summed E-state index contributed by atoms with van der Waals surface area (Å²) in [5.74, 6) is -1.24. The number of carbonyl (C=O) groups excluding carboxylic acids is 3. The maximum absolute atomic E-state index is 12.5. The van der Waals surface area contributed by atoms with Gasteiger partial charge in [-0.1, -0.05) is 37.6 Å². The number of benzene rings is 2. The molecule has 0 aliphatic heterocycles. The second-order valence-corrected chi connectivity index (χ2v) is 7.53. The number of hydrogen-bond acceptors (Lipinski definition) is 5. The van der Waals surface area contributed by atoms with Crippen LogP contribution in [0, 0.1) is 17.2 Å². The Bertz CT molecular complexity index is 970. The smallest absolute Gasteiger partial charge is 0.276 e. The third-order valence-corrected chi connectivity index (χ3v) is 4.38. The van der Waals surface area contributed by atoms with Crippen molar-refractivity contribution in [2.24, 2.45) is 5.92 Å². The van der Waals surface area contributed by atoms with E-state index in [1.807, 2.05) is 19.9 Å². The van der Waals surface area contributed by atoms with E-state index >= 15 is 0 Å². The van der Waals surface area contributed by atoms with Gasteiger partial charge in [0.05, 0.1) is 5.56 Å². The van der Waals surface area contributed by atoms with Gasteiger partial charge in [-0.15, -0.1) is 0 Å². The number of amides is 3. The Kier molecular flexibility index (Phi) is 8.85. The number of hydrazine groups is 1. The molecule has 0 aliphatic carbocycles. The highest BCUT2D eigenvalue weighted by atomic mass is 35.5. The van der Waals surface area contributed by atoms with E-state index in [2.05, 4.69) is 16.2 Å². The average molecular weight is 443 g/mol. The molecule has 3 N–H and O–H groups in total. The van der Waals surface area contributed by atoms with Crippen LogP contribution in [0.1, 0.15) is 36.2 Å². The van der Waals surface area contributed by atoms with Crippen molar-refractivity contribution in [1.29, 1.82) is 5.26 Å². The van der Waals surface area contributed by atoms with Gasteiger partial charge in [-0.05, 0) is 48.7 Å². The van der Waals surface area contributed by atoms with Crippen molar-refractivity contribution < 1.29 is 19.1 Å². The van der Waals surface area contributed by atoms with Crippen molar-refractivity contribution in [3.63, 3.8) is 0 Å². The fraction of sp³-hybridized carbons (Fsp3) is 0.273. The minimum absolute atomic E-state index is 0.114. The van der Waals surface area contributed by atoms with E-state index in [-0.39, 0.29) is 11.7 Å². The maximum Gasteiger partial charge on any atom is 0.276 e. The molecule has 162 valence electrons. The Labute approximate surface area is 185 Å². The van der Waals surface area contributed by atoms with Crippen LogP contribution in [0.4, 0.5) is 0 Å². The van der Waals surface area contributed by atoms with Crippen LogP contribution < -0.4 is 20.9 Å². The molecule has 2 rings (SSSR count). The summed E-state index contributed by atoms with van der Waals surface area (Å²) < 4.78 is 5.31. The molecule has 0 saturated carbocycles. The van der Waals surface area contributed by atoms with E-state index in [0.717, 1.165) is 0 Å². The first-order chi connectivity index (χ1) is 14.8. The van der Waals surface area contributed by atoms with Gasteiger partial charge in [0.25, 0.3) is 17.7 Å². The molecule has 0 heterocycles. The zero-order chi connectivity index (χ0) is 22.8. The predicted molar refractivity (Wildman–Crippen MR) is 115 cm³/mol. The lowest BCUT2D eigenvalue weighted by atomic mass is 10.0. The first-order valence-corrected chi connectivity index (χ1v) is 9.95. The lowest BCUT2D eigenvalue weighted by Gasteiger charge is -2.20. The number of nitrogens with one attached hydrogen (secondary N) is 3. The SMILES string of the molecule is CC(C)CC(NC(=O)c1ccc(Cl)cc1)C(=O)NNC(=O)COc1ccccc1C#N. The molecule has 0 radical (unpaired) electrons. The fourth-order valence-corrected chi connectivity index (χ4v) is 2.75. The van der Waals surface area contributed by atoms with Crippen LogP contribution in [0.3, 0.4) is 0 Å². The van der Waals surface area contributed by atoms with E-state index in [1.54, 1.807) is 48.5 Å². The van der Waals surface area contributed by atoms with Gasteiger partial charge in [-0.3, -0.25) is 25.2 Å². The quantitative estimate of drug-likeness (QED) is 0.542. The lowest BCUT2D eigenvalue weighted by Crippen LogP contribution is -2.53. The number of carbonyl (C=O) groups is 3. The number of nitriles is 1. The van der Waals surface area contributed by atoms with Crippen LogP contribution >= 0.6 is 11.6 Å². The number of rotatable bonds is 8. The average Bonchev–Trinajstić information content (AvgIpc) is 2.75. The molecule has 0 fully saturated rings. The van der Waals surface area contributed by atoms with E-state index in [9.17, 15) is 14.4 Å². The number of halogens is 1. The van der Waals surface area contributed by atoms with Crippen molar-refractivity contribution in [3.8, 4) is 11.8 Å². The van der Waals surface area contributed by atoms with Crippen molar-refractivity contribution in [2.75, 3.05) is 6.61 Å². The third kappa shape index (κ3) is 7.64. The number of ether oxygens (including phenoxy) is 1. The second-order valence-electron chi connectivity index (χ2n) is 7.10. The highest BCUT2D eigenvalue weighted by molar-refractivity contribution is 6.30. The maximum atomic E-state index is 12.5. The van der Waals surface area contributed by atoms with Crippen molar-refractivity contribution >= 4 is 29.3 Å². The molecular formula is C22H23ClN4O4. The minimum atomic E-state index is -0.858. The largest absolute Gasteiger partial charge is 0.482 e. The molecule has 31 heavy (non-hydrogen) atoms. The van der Waals surface area contributed by atoms with Crippen LogP contribution in [0.2, 0.25) is 5.02 Å². The molecule has 1 atom stereocenters. The molecule has 8 nitrogen and oxygen atoms in total. The number of nitrogens with zero attached hydrogens (tertiary/aromatic N) is 1. The van der Waals surface area contributed by atoms with Gasteiger partial charge in [0.15, 0.2) is 6.61 Å². The Hall–Kier alpha value is -3.57. The Morgan fingerprint density at radius 1 is 1.06 bits per heavy atom. The Morgan fingerprint density at radius 3 is 2.39 bits per heavy atom. The molecular weight excluding hydrogens is 420 g/mol. The summed E-state index contributed by atoms with van der Waals surface area (Å²) >= 11 is 5.83. The highest BCUT2D eigenvalue weighted by Gasteiger charge is 2.23. The van der Waals surface area contributed by atoms with Gasteiger partial charge in [0.2, 0.25) is 0 Å². The molecule has 0 aliphatic rings. The third-order valence-electron chi connectivity index (χ3n) is 4.13. The normalized spacial score (nSPS) is 11.2. The fourth-order valence-electron chi connectivity index (χ4n) is 2.63. The molecule has 0 bridgehead atoms. The van der Waals surface area contributed by atoms with Crippen LogP contribution in [0.15, 0.2) is 48.5 Å². The molecule has 2 aromatic rings. The molecule has 0 spiro atoms. The molecule has 2 aromatic carbocycles. The molecule has 1 unspecified atom stereocenters. The van der Waals surface area contributed by atoms with Crippen LogP contribution in [0.25, 0.3) is 0 Å². The summed E-state index contributed by atoms with van der Waals surface area (Å²) in [5, 5.41) is 12.2. The topological polar surface area (TPSA) is 120 Å². The van der Waals surface area contributed by atoms with Gasteiger partial charge < -0.3 is 10.1 Å². The molecule has 9 heteroatoms. The van der Waals surface area contributed by atoms with Gasteiger partial charge in [0.1, 0.15) is 17.9 Å². The van der Waals surface area contributed by atoms with Gasteiger partial charge in [-0.2, -0.15) is 5.26 Å². The summed E-state index contributed by atoms with van der Waals surface area (Å²) in [6.45, 7) is 3.42. The van der Waals surface area contributed by atoms with Crippen LogP contribution in [-0.4, -0.2) is 30.4 Å². The van der Waals surface area contributed by atoms with Crippen molar-refractivity contribution in [2.45, 2.75) is 26.3 Å². The minimum Gasteiger partial charge on any atom is -0.482 e. The predicted octanol–water partition coefficient (Wildman–Crippen LogP) is 2.58. The van der Waals surface area contributed by atoms with E-state index in [0.29, 0.717) is 22.6 Å². The first kappa shape index (κ1) is 23.7. The number of para-hydroxylation sites is 1. The standard InChI is InChI=1S/C22H23ClN4O4/c1-14(2)11-18(25-21(29)15-7-9-17(23)10-8-15)22(30)27-26-20(28)13-31-19-6-4-3-5-16(19)12-24/h3-10,14,18H,11,13H2,1-2H3,(H,25,29)(H,26,28)(H,27,30). The summed E-state index contributed by atoms with van der Waals surface area (Å²) in [7, 11) is 0. The van der Waals surface area contributed by atoms with Gasteiger partial charge in [0, 0.05) is 10.6 Å². The zero-order valence-electron chi connectivity index (χ0n) is 17.1. The van der Waals surface area contributed by atoms with E-state index in [4.69, 9.17) is 21.6 Å².